The molecule has 0 spiro atoms. The van der Waals surface area contributed by atoms with Gasteiger partial charge in [-0.1, -0.05) is 29.8 Å². The smallest absolute Gasteiger partial charge is 0.230 e. The average molecular weight is 387 g/mol. The number of likely N-dealkylation sites (N-methyl/N-ethyl adjacent to an activating group) is 1. The molecule has 1 fully saturated rings. The van der Waals surface area contributed by atoms with Crippen molar-refractivity contribution in [3.05, 3.63) is 64.9 Å². The lowest BCUT2D eigenvalue weighted by atomic mass is 9.91. The van der Waals surface area contributed by atoms with Gasteiger partial charge in [-0.2, -0.15) is 0 Å². The van der Waals surface area contributed by atoms with Crippen LogP contribution in [-0.4, -0.2) is 42.1 Å². The zero-order valence-corrected chi connectivity index (χ0v) is 16.6. The van der Waals surface area contributed by atoms with Crippen LogP contribution >= 0.6 is 11.6 Å². The number of amides is 1. The third-order valence-electron chi connectivity index (χ3n) is 5.17. The summed E-state index contributed by atoms with van der Waals surface area (Å²) in [5.41, 5.74) is 2.03. The van der Waals surface area contributed by atoms with Crippen LogP contribution in [0.15, 0.2) is 48.8 Å². The third-order valence-corrected chi connectivity index (χ3v) is 5.42. The van der Waals surface area contributed by atoms with Crippen LogP contribution in [0.5, 0.6) is 0 Å². The van der Waals surface area contributed by atoms with E-state index in [0.29, 0.717) is 18.0 Å². The molecule has 4 nitrogen and oxygen atoms in total. The number of pyridine rings is 1. The lowest BCUT2D eigenvalue weighted by Crippen LogP contribution is -2.35. The monoisotopic (exact) mass is 386 g/mol. The average Bonchev–Trinajstić information content (AvgIpc) is 2.72. The van der Waals surface area contributed by atoms with Crippen molar-refractivity contribution >= 4 is 17.5 Å². The maximum Gasteiger partial charge on any atom is 0.230 e. The number of hydrogen-bond acceptors (Lipinski definition) is 3. The molecule has 1 aromatic heterocycles. The maximum atomic E-state index is 13.2. The maximum absolute atomic E-state index is 13.2. The highest BCUT2D eigenvalue weighted by Gasteiger charge is 2.25. The largest absolute Gasteiger partial charge is 0.378 e. The minimum absolute atomic E-state index is 0.122. The fourth-order valence-corrected chi connectivity index (χ4v) is 3.67. The van der Waals surface area contributed by atoms with Crippen LogP contribution in [0.2, 0.25) is 5.02 Å². The van der Waals surface area contributed by atoms with E-state index in [0.717, 1.165) is 37.0 Å². The van der Waals surface area contributed by atoms with Gasteiger partial charge in [0.25, 0.3) is 0 Å². The highest BCUT2D eigenvalue weighted by Crippen LogP contribution is 2.25. The number of ether oxygens (including phenoxy) is 1. The van der Waals surface area contributed by atoms with Gasteiger partial charge in [0.1, 0.15) is 0 Å². The van der Waals surface area contributed by atoms with Gasteiger partial charge in [0.15, 0.2) is 0 Å². The van der Waals surface area contributed by atoms with Gasteiger partial charge in [-0.15, -0.1) is 0 Å². The lowest BCUT2D eigenvalue weighted by Gasteiger charge is -2.28. The minimum atomic E-state index is -0.247. The Morgan fingerprint density at radius 3 is 2.78 bits per heavy atom. The molecule has 1 saturated heterocycles. The Morgan fingerprint density at radius 2 is 2.11 bits per heavy atom. The summed E-state index contributed by atoms with van der Waals surface area (Å²) in [5, 5.41) is 0.675. The molecule has 1 aromatic carbocycles. The predicted molar refractivity (Wildman–Crippen MR) is 108 cm³/mol. The van der Waals surface area contributed by atoms with Crippen LogP contribution in [-0.2, 0) is 16.0 Å². The van der Waals surface area contributed by atoms with Crippen molar-refractivity contribution in [2.45, 2.75) is 44.1 Å². The van der Waals surface area contributed by atoms with Crippen molar-refractivity contribution in [3.63, 3.8) is 0 Å². The molecule has 0 radical (unpaired) electrons. The van der Waals surface area contributed by atoms with E-state index in [-0.39, 0.29) is 17.9 Å². The molecule has 27 heavy (non-hydrogen) atoms. The SMILES string of the molecule is CN(CCC1CCCCO1)C(=O)C(Cc1cccnc1)c1ccc(Cl)cc1. The molecule has 0 saturated carbocycles. The second kappa shape index (κ2) is 9.86. The molecular formula is C22H27ClN2O2. The Labute approximate surface area is 166 Å². The van der Waals surface area contributed by atoms with E-state index >= 15 is 0 Å². The first-order valence-electron chi connectivity index (χ1n) is 9.64. The molecule has 0 N–H and O–H groups in total. The van der Waals surface area contributed by atoms with Crippen LogP contribution in [0.25, 0.3) is 0 Å². The van der Waals surface area contributed by atoms with E-state index in [1.807, 2.05) is 54.5 Å². The van der Waals surface area contributed by atoms with E-state index < -0.39 is 0 Å². The second-order valence-corrected chi connectivity index (χ2v) is 7.64. The van der Waals surface area contributed by atoms with Gasteiger partial charge in [-0.05, 0) is 61.4 Å². The second-order valence-electron chi connectivity index (χ2n) is 7.21. The fourth-order valence-electron chi connectivity index (χ4n) is 3.55. The topological polar surface area (TPSA) is 42.4 Å². The summed E-state index contributed by atoms with van der Waals surface area (Å²) in [6.45, 7) is 1.55. The molecule has 0 bridgehead atoms. The number of benzene rings is 1. The van der Waals surface area contributed by atoms with Crippen LogP contribution < -0.4 is 0 Å². The number of carbonyl (C=O) groups is 1. The van der Waals surface area contributed by atoms with E-state index in [4.69, 9.17) is 16.3 Å². The summed E-state index contributed by atoms with van der Waals surface area (Å²) < 4.78 is 5.80. The van der Waals surface area contributed by atoms with Crippen LogP contribution in [0.1, 0.15) is 42.7 Å². The first-order valence-corrected chi connectivity index (χ1v) is 10.0. The van der Waals surface area contributed by atoms with Gasteiger partial charge in [0, 0.05) is 37.6 Å². The Balaban J connectivity index is 1.70. The van der Waals surface area contributed by atoms with E-state index in [2.05, 4.69) is 4.98 Å². The summed E-state index contributed by atoms with van der Waals surface area (Å²) >= 11 is 6.04. The summed E-state index contributed by atoms with van der Waals surface area (Å²) in [5.74, 6) is -0.124. The van der Waals surface area contributed by atoms with Crippen molar-refractivity contribution in [1.29, 1.82) is 0 Å². The molecule has 1 amide bonds. The first kappa shape index (κ1) is 19.8. The Bertz CT molecular complexity index is 715. The zero-order valence-electron chi connectivity index (χ0n) is 15.8. The molecule has 1 aliphatic rings. The van der Waals surface area contributed by atoms with Crippen LogP contribution in [0.4, 0.5) is 0 Å². The Hall–Kier alpha value is -1.91. The molecule has 144 valence electrons. The molecule has 3 rings (SSSR count). The van der Waals surface area contributed by atoms with Gasteiger partial charge in [0.05, 0.1) is 12.0 Å². The van der Waals surface area contributed by atoms with E-state index in [1.165, 1.54) is 6.42 Å². The van der Waals surface area contributed by atoms with Crippen molar-refractivity contribution in [3.8, 4) is 0 Å². The van der Waals surface area contributed by atoms with Gasteiger partial charge in [-0.25, -0.2) is 0 Å². The number of hydrogen-bond donors (Lipinski definition) is 0. The highest BCUT2D eigenvalue weighted by molar-refractivity contribution is 6.30. The standard InChI is InChI=1S/C22H27ClN2O2/c1-25(13-11-20-6-2-3-14-27-20)22(26)21(15-17-5-4-12-24-16-17)18-7-9-19(23)10-8-18/h4-5,7-10,12,16,20-21H,2-3,6,11,13-15H2,1H3. The molecule has 0 aliphatic carbocycles. The zero-order chi connectivity index (χ0) is 19.1. The van der Waals surface area contributed by atoms with E-state index in [9.17, 15) is 4.79 Å². The number of nitrogens with zero attached hydrogens (tertiary/aromatic N) is 2. The summed E-state index contributed by atoms with van der Waals surface area (Å²) in [6.07, 6.45) is 8.83. The molecular weight excluding hydrogens is 360 g/mol. The number of rotatable bonds is 7. The van der Waals surface area contributed by atoms with Gasteiger partial charge < -0.3 is 9.64 Å². The number of halogens is 1. The molecule has 2 aromatic rings. The molecule has 1 aliphatic heterocycles. The summed E-state index contributed by atoms with van der Waals surface area (Å²) in [6, 6.07) is 11.5. The molecule has 2 unspecified atom stereocenters. The number of carbonyl (C=O) groups excluding carboxylic acids is 1. The van der Waals surface area contributed by atoms with Crippen LogP contribution in [0.3, 0.4) is 0 Å². The van der Waals surface area contributed by atoms with E-state index in [1.54, 1.807) is 6.20 Å². The lowest BCUT2D eigenvalue weighted by molar-refractivity contribution is -0.132. The highest BCUT2D eigenvalue weighted by atomic mass is 35.5. The first-order chi connectivity index (χ1) is 13.1. The normalized spacial score (nSPS) is 18.1. The van der Waals surface area contributed by atoms with Crippen molar-refractivity contribution < 1.29 is 9.53 Å². The summed E-state index contributed by atoms with van der Waals surface area (Å²) in [7, 11) is 1.89. The van der Waals surface area contributed by atoms with Crippen molar-refractivity contribution in [1.82, 2.24) is 9.88 Å². The van der Waals surface area contributed by atoms with Gasteiger partial charge in [0.2, 0.25) is 5.91 Å². The van der Waals surface area contributed by atoms with Crippen LogP contribution in [0, 0.1) is 0 Å². The molecule has 2 atom stereocenters. The third kappa shape index (κ3) is 5.78. The Kier molecular flexibility index (Phi) is 7.25. The fraction of sp³-hybridized carbons (Fsp3) is 0.455. The van der Waals surface area contributed by atoms with Gasteiger partial charge in [-0.3, -0.25) is 9.78 Å². The van der Waals surface area contributed by atoms with Crippen molar-refractivity contribution in [2.24, 2.45) is 0 Å². The van der Waals surface area contributed by atoms with Gasteiger partial charge >= 0.3 is 0 Å². The minimum Gasteiger partial charge on any atom is -0.378 e. The number of aromatic nitrogens is 1. The molecule has 5 heteroatoms. The quantitative estimate of drug-likeness (QED) is 0.704. The Morgan fingerprint density at radius 1 is 1.30 bits per heavy atom. The molecule has 2 heterocycles. The predicted octanol–water partition coefficient (Wildman–Crippen LogP) is 4.48. The summed E-state index contributed by atoms with van der Waals surface area (Å²) in [4.78, 5) is 19.3. The van der Waals surface area contributed by atoms with Crippen molar-refractivity contribution in [2.75, 3.05) is 20.2 Å².